The van der Waals surface area contributed by atoms with Crippen molar-refractivity contribution in [3.63, 3.8) is 0 Å². The fraction of sp³-hybridized carbons (Fsp3) is 0. The minimum Gasteiger partial charge on any atom is -0.453 e. The number of benzene rings is 15. The van der Waals surface area contributed by atoms with Crippen molar-refractivity contribution in [2.24, 2.45) is 0 Å². The summed E-state index contributed by atoms with van der Waals surface area (Å²) >= 11 is 0. The normalized spacial score (nSPS) is 12.8. The Labute approximate surface area is 559 Å². The molecule has 2 aliphatic rings. The average Bonchev–Trinajstić information content (AvgIpc) is 0.868. The Morgan fingerprint density at radius 1 is 0.194 bits per heavy atom. The summed E-state index contributed by atoms with van der Waals surface area (Å²) in [6.07, 6.45) is 3.60. The van der Waals surface area contributed by atoms with Crippen molar-refractivity contribution in [1.82, 2.24) is 28.2 Å². The Bertz CT molecular complexity index is 5920. The van der Waals surface area contributed by atoms with Crippen LogP contribution in [0.5, 0.6) is 23.0 Å². The second-order valence-corrected chi connectivity index (χ2v) is 25.7. The fourth-order valence-corrected chi connectivity index (χ4v) is 16.4. The molecule has 22 rings (SSSR count). The maximum absolute atomic E-state index is 7.34. The van der Waals surface area contributed by atoms with Crippen LogP contribution in [0.25, 0.3) is 143 Å². The van der Waals surface area contributed by atoms with Gasteiger partial charge in [-0.05, 0) is 132 Å². The molecule has 0 bridgehead atoms. The summed E-state index contributed by atoms with van der Waals surface area (Å²) < 4.78 is 24.1. The molecular formula is C88H52N8O2. The second kappa shape index (κ2) is 20.0. The number of hydrogen-bond acceptors (Lipinski definition) is 6. The van der Waals surface area contributed by atoms with Crippen molar-refractivity contribution >= 4 is 154 Å². The lowest BCUT2D eigenvalue weighted by atomic mass is 9.97. The van der Waals surface area contributed by atoms with Gasteiger partial charge in [0.25, 0.3) is 0 Å². The van der Waals surface area contributed by atoms with Crippen LogP contribution in [0.4, 0.5) is 34.1 Å². The minimum absolute atomic E-state index is 0.736. The molecule has 15 aromatic carbocycles. The van der Waals surface area contributed by atoms with Gasteiger partial charge in [0.15, 0.2) is 23.0 Å². The Morgan fingerprint density at radius 2 is 0.418 bits per heavy atom. The van der Waals surface area contributed by atoms with Gasteiger partial charge in [-0.25, -0.2) is 0 Å². The first-order chi connectivity index (χ1) is 48.6. The van der Waals surface area contributed by atoms with Gasteiger partial charge in [-0.1, -0.05) is 158 Å². The molecule has 0 saturated carbocycles. The third-order valence-electron chi connectivity index (χ3n) is 20.6. The van der Waals surface area contributed by atoms with E-state index in [0.29, 0.717) is 0 Å². The number of rotatable bonds is 6. The SMILES string of the molecule is c1ccc2c(c1)c1ccccc1n2-c1ccc2c(c1)Oc1cc(-n3c4ccccc4c4ccccc43)ccc1N2c1ccc2c(c1)c1cc(N3c4ccc(-n5c6ccccc6c6ccccc65)cc4Oc4cc(-n5c6ccccc6c6ccccc65)ccc43)ccc1c1nccnc21. The summed E-state index contributed by atoms with van der Waals surface area (Å²) in [4.78, 5) is 14.9. The molecule has 0 radical (unpaired) electrons. The summed E-state index contributed by atoms with van der Waals surface area (Å²) in [7, 11) is 0. The van der Waals surface area contributed by atoms with Crippen molar-refractivity contribution in [2.75, 3.05) is 9.80 Å². The van der Waals surface area contributed by atoms with Gasteiger partial charge in [0.1, 0.15) is 0 Å². The zero-order valence-electron chi connectivity index (χ0n) is 52.4. The molecule has 0 unspecified atom stereocenters. The first-order valence-corrected chi connectivity index (χ1v) is 33.2. The molecule has 0 spiro atoms. The number of aromatic nitrogens is 6. The maximum atomic E-state index is 7.34. The largest absolute Gasteiger partial charge is 0.453 e. The van der Waals surface area contributed by atoms with Gasteiger partial charge in [-0.2, -0.15) is 0 Å². The van der Waals surface area contributed by atoms with Crippen molar-refractivity contribution in [3.05, 3.63) is 316 Å². The molecule has 0 saturated heterocycles. The quantitative estimate of drug-likeness (QED) is 0.155. The van der Waals surface area contributed by atoms with E-state index in [1.807, 2.05) is 0 Å². The number of nitrogens with zero attached hydrogens (tertiary/aromatic N) is 8. The smallest absolute Gasteiger partial charge is 0.153 e. The van der Waals surface area contributed by atoms with Crippen molar-refractivity contribution < 1.29 is 9.47 Å². The maximum Gasteiger partial charge on any atom is 0.153 e. The van der Waals surface area contributed by atoms with E-state index in [0.717, 1.165) is 157 Å². The van der Waals surface area contributed by atoms with E-state index < -0.39 is 0 Å². The number of para-hydroxylation sites is 8. The van der Waals surface area contributed by atoms with E-state index in [2.05, 4.69) is 331 Å². The molecule has 20 aromatic rings. The zero-order chi connectivity index (χ0) is 63.8. The van der Waals surface area contributed by atoms with E-state index in [9.17, 15) is 0 Å². The molecule has 0 atom stereocenters. The molecule has 0 fully saturated rings. The lowest BCUT2D eigenvalue weighted by Crippen LogP contribution is -2.17. The van der Waals surface area contributed by atoms with Gasteiger partial charge < -0.3 is 37.5 Å². The summed E-state index contributed by atoms with van der Waals surface area (Å²) in [5.41, 5.74) is 20.3. The zero-order valence-corrected chi connectivity index (χ0v) is 52.4. The van der Waals surface area contributed by atoms with E-state index in [1.54, 1.807) is 12.4 Å². The van der Waals surface area contributed by atoms with Gasteiger partial charge in [0.2, 0.25) is 0 Å². The molecule has 0 aliphatic carbocycles. The van der Waals surface area contributed by atoms with Crippen molar-refractivity contribution in [3.8, 4) is 45.7 Å². The fourth-order valence-electron chi connectivity index (χ4n) is 16.4. The first kappa shape index (κ1) is 53.0. The molecular weight excluding hydrogens is 1200 g/mol. The molecule has 456 valence electrons. The predicted octanol–water partition coefficient (Wildman–Crippen LogP) is 23.5. The molecule has 10 nitrogen and oxygen atoms in total. The Hall–Kier alpha value is -13.4. The molecule has 5 aromatic heterocycles. The van der Waals surface area contributed by atoms with Crippen LogP contribution < -0.4 is 19.3 Å². The van der Waals surface area contributed by atoms with E-state index >= 15 is 0 Å². The van der Waals surface area contributed by atoms with Gasteiger partial charge in [0.05, 0.1) is 101 Å². The summed E-state index contributed by atoms with van der Waals surface area (Å²) in [5.74, 6) is 2.94. The molecule has 0 N–H and O–H groups in total. The van der Waals surface area contributed by atoms with Gasteiger partial charge in [-0.3, -0.25) is 9.97 Å². The standard InChI is InChI=1S/C88H52N8O2/c1-9-25-71-59(17-1)60-18-2-10-26-72(60)91(71)55-35-41-79-83(49-55)97-84-50-56(92-73-27-11-3-19-61(73)62-20-4-12-28-74(62)92)36-42-80(84)95(79)53-33-39-67-69(47-53)70-48-54(34-40-68(70)88-87(67)89-45-46-90-88)96-81-43-37-57(93-75-29-13-5-21-63(75)64-22-6-14-30-76(64)93)51-85(81)98-86-52-58(38-44-82(86)96)94-77-31-15-7-23-65(77)66-24-8-16-32-78(66)94/h1-52H. The molecule has 0 amide bonds. The van der Waals surface area contributed by atoms with Crippen LogP contribution in [0.15, 0.2) is 316 Å². The van der Waals surface area contributed by atoms with Crippen molar-refractivity contribution in [2.45, 2.75) is 0 Å². The topological polar surface area (TPSA) is 70.4 Å². The van der Waals surface area contributed by atoms with Crippen LogP contribution >= 0.6 is 0 Å². The highest BCUT2D eigenvalue weighted by Crippen LogP contribution is 2.56. The second-order valence-electron chi connectivity index (χ2n) is 25.7. The first-order valence-electron chi connectivity index (χ1n) is 33.2. The van der Waals surface area contributed by atoms with Crippen LogP contribution in [0.2, 0.25) is 0 Å². The average molecular weight is 1250 g/mol. The van der Waals surface area contributed by atoms with Gasteiger partial charge in [-0.15, -0.1) is 0 Å². The Balaban J connectivity index is 0.756. The minimum atomic E-state index is 0.736. The Morgan fingerprint density at radius 3 is 0.663 bits per heavy atom. The molecule has 98 heavy (non-hydrogen) atoms. The number of fused-ring (bicyclic) bond motifs is 22. The third kappa shape index (κ3) is 7.45. The van der Waals surface area contributed by atoms with Crippen LogP contribution in [0, 0.1) is 0 Å². The number of anilines is 6. The Kier molecular flexibility index (Phi) is 10.8. The monoisotopic (exact) mass is 1250 g/mol. The van der Waals surface area contributed by atoms with Crippen LogP contribution in [0.1, 0.15) is 0 Å². The van der Waals surface area contributed by atoms with Crippen LogP contribution in [-0.4, -0.2) is 28.2 Å². The summed E-state index contributed by atoms with van der Waals surface area (Å²) in [6.45, 7) is 0. The van der Waals surface area contributed by atoms with E-state index in [1.165, 1.54) is 43.1 Å². The molecule has 7 heterocycles. The van der Waals surface area contributed by atoms with E-state index in [-0.39, 0.29) is 0 Å². The van der Waals surface area contributed by atoms with Crippen LogP contribution in [0.3, 0.4) is 0 Å². The molecule has 2 aliphatic heterocycles. The van der Waals surface area contributed by atoms with Crippen LogP contribution in [-0.2, 0) is 0 Å². The lowest BCUT2D eigenvalue weighted by molar-refractivity contribution is 0.476. The van der Waals surface area contributed by atoms with Gasteiger partial charge >= 0.3 is 0 Å². The van der Waals surface area contributed by atoms with E-state index in [4.69, 9.17) is 19.4 Å². The van der Waals surface area contributed by atoms with Crippen molar-refractivity contribution in [1.29, 1.82) is 0 Å². The highest BCUT2D eigenvalue weighted by atomic mass is 16.5. The molecule has 10 heteroatoms. The highest BCUT2D eigenvalue weighted by Gasteiger charge is 2.32. The number of hydrogen-bond donors (Lipinski definition) is 0. The predicted molar refractivity (Wildman–Crippen MR) is 401 cm³/mol. The summed E-state index contributed by atoms with van der Waals surface area (Å²) in [5, 5.41) is 13.6. The summed E-state index contributed by atoms with van der Waals surface area (Å²) in [6, 6.07) is 109. The highest BCUT2D eigenvalue weighted by molar-refractivity contribution is 6.25. The number of ether oxygens (including phenoxy) is 2. The third-order valence-corrected chi connectivity index (χ3v) is 20.6. The van der Waals surface area contributed by atoms with Gasteiger partial charge in [0, 0.05) is 102 Å². The lowest BCUT2D eigenvalue weighted by Gasteiger charge is -2.34.